The first-order valence-electron chi connectivity index (χ1n) is 4.11. The summed E-state index contributed by atoms with van der Waals surface area (Å²) in [5, 5.41) is 9.86. The molecule has 1 rings (SSSR count). The third-order valence-corrected chi connectivity index (χ3v) is 3.20. The highest BCUT2D eigenvalue weighted by Gasteiger charge is 2.16. The number of halogens is 2. The Kier molecular flexibility index (Phi) is 3.78. The molecular weight excluding hydrogens is 267 g/mol. The van der Waals surface area contributed by atoms with Gasteiger partial charge in [0.15, 0.2) is 0 Å². The van der Waals surface area contributed by atoms with Crippen molar-refractivity contribution in [2.75, 3.05) is 5.73 Å². The Bertz CT molecular complexity index is 344. The van der Waals surface area contributed by atoms with Crippen LogP contribution in [0.2, 0.25) is 5.02 Å². The van der Waals surface area contributed by atoms with Gasteiger partial charge in [-0.1, -0.05) is 11.6 Å². The van der Waals surface area contributed by atoms with Crippen LogP contribution in [0.4, 0.5) is 5.69 Å². The van der Waals surface area contributed by atoms with Crippen LogP contribution in [0.25, 0.3) is 0 Å². The second-order valence-corrected chi connectivity index (χ2v) is 4.42. The summed E-state index contributed by atoms with van der Waals surface area (Å²) in [6, 6.07) is 2.85. The molecule has 0 bridgehead atoms. The standard InChI is InChI=1S/C9H12BrClN2O/c1-4(14)9(13)5-2-6(10)7(11)3-8(5)12/h2-4,9,14H,12-13H2,1H3/t4?,9-/m1/s1. The zero-order valence-electron chi connectivity index (χ0n) is 7.67. The van der Waals surface area contributed by atoms with Crippen molar-refractivity contribution in [3.05, 3.63) is 27.2 Å². The first-order chi connectivity index (χ1) is 6.43. The van der Waals surface area contributed by atoms with Crippen LogP contribution in [-0.4, -0.2) is 11.2 Å². The minimum absolute atomic E-state index is 0.492. The predicted octanol–water partition coefficient (Wildman–Crippen LogP) is 2.07. The predicted molar refractivity (Wildman–Crippen MR) is 62.2 cm³/mol. The van der Waals surface area contributed by atoms with Crippen molar-refractivity contribution in [3.63, 3.8) is 0 Å². The highest BCUT2D eigenvalue weighted by molar-refractivity contribution is 9.10. The molecule has 0 saturated heterocycles. The molecule has 0 amide bonds. The fourth-order valence-corrected chi connectivity index (χ4v) is 1.66. The number of hydrogen-bond acceptors (Lipinski definition) is 3. The summed E-state index contributed by atoms with van der Waals surface area (Å²) >= 11 is 9.11. The highest BCUT2D eigenvalue weighted by atomic mass is 79.9. The monoisotopic (exact) mass is 278 g/mol. The fourth-order valence-electron chi connectivity index (χ4n) is 1.13. The SMILES string of the molecule is CC(O)[C@@H](N)c1cc(Br)c(Cl)cc1N. The van der Waals surface area contributed by atoms with Gasteiger partial charge in [-0.25, -0.2) is 0 Å². The Morgan fingerprint density at radius 2 is 2.07 bits per heavy atom. The minimum atomic E-state index is -0.648. The van der Waals surface area contributed by atoms with Crippen LogP contribution in [0, 0.1) is 0 Å². The molecule has 0 aliphatic carbocycles. The van der Waals surface area contributed by atoms with Gasteiger partial charge in [0.25, 0.3) is 0 Å². The van der Waals surface area contributed by atoms with E-state index in [1.807, 2.05) is 0 Å². The van der Waals surface area contributed by atoms with Gasteiger partial charge in [0, 0.05) is 10.2 Å². The summed E-state index contributed by atoms with van der Waals surface area (Å²) in [5.41, 5.74) is 12.7. The number of aliphatic hydroxyl groups is 1. The Labute approximate surface area is 96.2 Å². The van der Waals surface area contributed by atoms with Gasteiger partial charge >= 0.3 is 0 Å². The summed E-state index contributed by atoms with van der Waals surface area (Å²) in [6.07, 6.45) is -0.648. The second kappa shape index (κ2) is 4.49. The summed E-state index contributed by atoms with van der Waals surface area (Å²) in [6.45, 7) is 1.62. The number of aliphatic hydroxyl groups excluding tert-OH is 1. The number of nitrogen functional groups attached to an aromatic ring is 1. The molecule has 78 valence electrons. The lowest BCUT2D eigenvalue weighted by Gasteiger charge is -2.17. The lowest BCUT2D eigenvalue weighted by atomic mass is 10.0. The zero-order chi connectivity index (χ0) is 10.9. The van der Waals surface area contributed by atoms with E-state index in [9.17, 15) is 5.11 Å². The number of anilines is 1. The molecule has 0 saturated carbocycles. The van der Waals surface area contributed by atoms with Gasteiger partial charge in [-0.15, -0.1) is 0 Å². The van der Waals surface area contributed by atoms with Gasteiger partial charge in [0.05, 0.1) is 17.2 Å². The summed E-state index contributed by atoms with van der Waals surface area (Å²) < 4.78 is 0.722. The second-order valence-electron chi connectivity index (χ2n) is 3.16. The fraction of sp³-hybridized carbons (Fsp3) is 0.333. The van der Waals surface area contributed by atoms with Crippen LogP contribution in [0.5, 0.6) is 0 Å². The molecule has 2 atom stereocenters. The third-order valence-electron chi connectivity index (χ3n) is 2.00. The summed E-state index contributed by atoms with van der Waals surface area (Å²) in [4.78, 5) is 0. The molecule has 0 spiro atoms. The normalized spacial score (nSPS) is 15.2. The van der Waals surface area contributed by atoms with Gasteiger partial charge in [-0.2, -0.15) is 0 Å². The van der Waals surface area contributed by atoms with E-state index in [0.29, 0.717) is 16.3 Å². The molecule has 1 aromatic rings. The van der Waals surface area contributed by atoms with Crippen molar-refractivity contribution in [1.29, 1.82) is 0 Å². The molecule has 0 radical (unpaired) electrons. The molecule has 5 N–H and O–H groups in total. The van der Waals surface area contributed by atoms with Crippen molar-refractivity contribution in [2.24, 2.45) is 5.73 Å². The average Bonchev–Trinajstić information content (AvgIpc) is 2.10. The number of nitrogens with two attached hydrogens (primary N) is 2. The van der Waals surface area contributed by atoms with E-state index < -0.39 is 12.1 Å². The minimum Gasteiger partial charge on any atom is -0.398 e. The quantitative estimate of drug-likeness (QED) is 0.726. The first kappa shape index (κ1) is 11.8. The maximum Gasteiger partial charge on any atom is 0.0705 e. The summed E-state index contributed by atoms with van der Waals surface area (Å²) in [7, 11) is 0. The van der Waals surface area contributed by atoms with Gasteiger partial charge in [-0.3, -0.25) is 0 Å². The maximum atomic E-state index is 9.33. The van der Waals surface area contributed by atoms with Crippen LogP contribution >= 0.6 is 27.5 Å². The van der Waals surface area contributed by atoms with Crippen molar-refractivity contribution in [2.45, 2.75) is 19.1 Å². The van der Waals surface area contributed by atoms with Crippen LogP contribution in [-0.2, 0) is 0 Å². The van der Waals surface area contributed by atoms with E-state index >= 15 is 0 Å². The van der Waals surface area contributed by atoms with Gasteiger partial charge in [0.1, 0.15) is 0 Å². The molecule has 0 fully saturated rings. The number of rotatable bonds is 2. The van der Waals surface area contributed by atoms with Crippen LogP contribution in [0.3, 0.4) is 0 Å². The van der Waals surface area contributed by atoms with Gasteiger partial charge in [-0.05, 0) is 40.5 Å². The molecule has 0 aliphatic rings. The van der Waals surface area contributed by atoms with E-state index in [1.54, 1.807) is 19.1 Å². The van der Waals surface area contributed by atoms with Crippen molar-refractivity contribution in [3.8, 4) is 0 Å². The van der Waals surface area contributed by atoms with Crippen molar-refractivity contribution in [1.82, 2.24) is 0 Å². The topological polar surface area (TPSA) is 72.3 Å². The highest BCUT2D eigenvalue weighted by Crippen LogP contribution is 2.31. The van der Waals surface area contributed by atoms with Crippen LogP contribution in [0.1, 0.15) is 18.5 Å². The van der Waals surface area contributed by atoms with Crippen molar-refractivity contribution < 1.29 is 5.11 Å². The zero-order valence-corrected chi connectivity index (χ0v) is 10.0. The Hall–Kier alpha value is -0.290. The van der Waals surface area contributed by atoms with Crippen LogP contribution in [0.15, 0.2) is 16.6 Å². The molecule has 0 heterocycles. The van der Waals surface area contributed by atoms with E-state index in [4.69, 9.17) is 23.1 Å². The Balaban J connectivity index is 3.15. The molecule has 0 aromatic heterocycles. The number of benzene rings is 1. The van der Waals surface area contributed by atoms with E-state index in [2.05, 4.69) is 15.9 Å². The molecule has 1 unspecified atom stereocenters. The van der Waals surface area contributed by atoms with E-state index in [1.165, 1.54) is 0 Å². The van der Waals surface area contributed by atoms with E-state index in [0.717, 1.165) is 4.47 Å². The molecule has 1 aromatic carbocycles. The molecule has 3 nitrogen and oxygen atoms in total. The van der Waals surface area contributed by atoms with Crippen LogP contribution < -0.4 is 11.5 Å². The first-order valence-corrected chi connectivity index (χ1v) is 5.28. The molecule has 5 heteroatoms. The molecule has 14 heavy (non-hydrogen) atoms. The molecular formula is C9H12BrClN2O. The van der Waals surface area contributed by atoms with Crippen molar-refractivity contribution >= 4 is 33.2 Å². The Morgan fingerprint density at radius 1 is 1.50 bits per heavy atom. The van der Waals surface area contributed by atoms with Gasteiger partial charge < -0.3 is 16.6 Å². The van der Waals surface area contributed by atoms with Gasteiger partial charge in [0.2, 0.25) is 0 Å². The largest absolute Gasteiger partial charge is 0.398 e. The van der Waals surface area contributed by atoms with E-state index in [-0.39, 0.29) is 0 Å². The molecule has 0 aliphatic heterocycles. The smallest absolute Gasteiger partial charge is 0.0705 e. The number of hydrogen-bond donors (Lipinski definition) is 3. The lowest BCUT2D eigenvalue weighted by Crippen LogP contribution is -2.24. The third kappa shape index (κ3) is 2.39. The average molecular weight is 280 g/mol. The maximum absolute atomic E-state index is 9.33. The Morgan fingerprint density at radius 3 is 2.57 bits per heavy atom. The summed E-state index contributed by atoms with van der Waals surface area (Å²) in [5.74, 6) is 0. The lowest BCUT2D eigenvalue weighted by molar-refractivity contribution is 0.164.